The lowest BCUT2D eigenvalue weighted by Crippen LogP contribution is -2.35. The van der Waals surface area contributed by atoms with E-state index >= 15 is 0 Å². The highest BCUT2D eigenvalue weighted by atomic mass is 35.5. The fourth-order valence-electron chi connectivity index (χ4n) is 4.45. The molecule has 0 bridgehead atoms. The number of hydrogen-bond acceptors (Lipinski definition) is 4. The Balaban J connectivity index is 1.49. The van der Waals surface area contributed by atoms with E-state index in [0.29, 0.717) is 30.2 Å². The predicted molar refractivity (Wildman–Crippen MR) is 139 cm³/mol. The Hall–Kier alpha value is -3.44. The molecule has 0 radical (unpaired) electrons. The van der Waals surface area contributed by atoms with Gasteiger partial charge in [-0.3, -0.25) is 4.79 Å². The molecule has 34 heavy (non-hydrogen) atoms. The normalized spacial score (nSPS) is 14.3. The lowest BCUT2D eigenvalue weighted by molar-refractivity contribution is 0.0767. The summed E-state index contributed by atoms with van der Waals surface area (Å²) in [6, 6.07) is 21.6. The minimum Gasteiger partial charge on any atom is -0.353 e. The van der Waals surface area contributed by atoms with Crippen LogP contribution in [0.15, 0.2) is 66.7 Å². The number of carbonyl (C=O) groups is 1. The van der Waals surface area contributed by atoms with Gasteiger partial charge in [0, 0.05) is 42.3 Å². The van der Waals surface area contributed by atoms with Crippen molar-refractivity contribution < 1.29 is 4.79 Å². The molecule has 1 saturated heterocycles. The van der Waals surface area contributed by atoms with E-state index in [1.807, 2.05) is 35.2 Å². The second kappa shape index (κ2) is 9.43. The highest BCUT2D eigenvalue weighted by molar-refractivity contribution is 6.30. The first-order chi connectivity index (χ1) is 16.5. The zero-order chi connectivity index (χ0) is 23.7. The molecule has 1 fully saturated rings. The van der Waals surface area contributed by atoms with Gasteiger partial charge in [0.2, 0.25) is 0 Å². The lowest BCUT2D eigenvalue weighted by atomic mass is 10.1. The summed E-state index contributed by atoms with van der Waals surface area (Å²) in [5.41, 5.74) is 6.76. The van der Waals surface area contributed by atoms with Gasteiger partial charge in [-0.1, -0.05) is 48.0 Å². The van der Waals surface area contributed by atoms with Gasteiger partial charge < -0.3 is 9.80 Å². The van der Waals surface area contributed by atoms with E-state index in [9.17, 15) is 4.79 Å². The van der Waals surface area contributed by atoms with Crippen LogP contribution >= 0.6 is 11.6 Å². The van der Waals surface area contributed by atoms with E-state index in [1.54, 1.807) is 12.1 Å². The number of rotatable bonds is 3. The van der Waals surface area contributed by atoms with Crippen LogP contribution in [-0.4, -0.2) is 47.0 Å². The molecule has 2 heterocycles. The molecule has 5 rings (SSSR count). The molecular weight excluding hydrogens is 444 g/mol. The van der Waals surface area contributed by atoms with Crippen molar-refractivity contribution in [3.8, 4) is 11.3 Å². The van der Waals surface area contributed by atoms with Gasteiger partial charge >= 0.3 is 0 Å². The average Bonchev–Trinajstić information content (AvgIpc) is 3.10. The first-order valence-electron chi connectivity index (χ1n) is 11.6. The van der Waals surface area contributed by atoms with Crippen LogP contribution in [-0.2, 0) is 0 Å². The molecule has 1 aromatic heterocycles. The summed E-state index contributed by atoms with van der Waals surface area (Å²) in [5, 5.41) is 0.576. The van der Waals surface area contributed by atoms with E-state index in [4.69, 9.17) is 21.6 Å². The van der Waals surface area contributed by atoms with Crippen molar-refractivity contribution in [3.63, 3.8) is 0 Å². The Labute approximate surface area is 205 Å². The van der Waals surface area contributed by atoms with Gasteiger partial charge in [0.05, 0.1) is 11.0 Å². The summed E-state index contributed by atoms with van der Waals surface area (Å²) in [7, 11) is 0. The highest BCUT2D eigenvalue weighted by Crippen LogP contribution is 2.31. The molecule has 0 unspecified atom stereocenters. The van der Waals surface area contributed by atoms with Crippen LogP contribution < -0.4 is 4.90 Å². The molecule has 0 atom stereocenters. The molecule has 0 N–H and O–H groups in total. The summed E-state index contributed by atoms with van der Waals surface area (Å²) in [6.07, 6.45) is 0.854. The fraction of sp³-hybridized carbons (Fsp3) is 0.250. The Morgan fingerprint density at radius 2 is 1.56 bits per heavy atom. The number of anilines is 1. The number of benzene rings is 3. The molecule has 172 valence electrons. The topological polar surface area (TPSA) is 49.3 Å². The molecule has 1 amide bonds. The van der Waals surface area contributed by atoms with Crippen molar-refractivity contribution in [1.29, 1.82) is 0 Å². The Bertz CT molecular complexity index is 1360. The molecule has 0 spiro atoms. The van der Waals surface area contributed by atoms with E-state index < -0.39 is 0 Å². The summed E-state index contributed by atoms with van der Waals surface area (Å²) in [6.45, 7) is 7.02. The standard InChI is InChI=1S/C28H27ClN4O/c1-19-16-24-25(17-20(19)2)31-27(26(30-24)21-8-4-3-5-9-21)32-12-7-13-33(15-14-32)28(34)22-10-6-11-23(29)18-22/h3-6,8-11,16-18H,7,12-15H2,1-2H3. The van der Waals surface area contributed by atoms with Crippen molar-refractivity contribution >= 4 is 34.4 Å². The number of aryl methyl sites for hydroxylation is 2. The average molecular weight is 471 g/mol. The second-order valence-electron chi connectivity index (χ2n) is 8.83. The van der Waals surface area contributed by atoms with Crippen molar-refractivity contribution in [2.75, 3.05) is 31.1 Å². The maximum absolute atomic E-state index is 13.1. The van der Waals surface area contributed by atoms with Gasteiger partial charge in [0.15, 0.2) is 5.82 Å². The predicted octanol–water partition coefficient (Wildman–Crippen LogP) is 5.92. The fourth-order valence-corrected chi connectivity index (χ4v) is 4.64. The van der Waals surface area contributed by atoms with Crippen molar-refractivity contribution in [1.82, 2.24) is 14.9 Å². The van der Waals surface area contributed by atoms with Crippen LogP contribution in [0.25, 0.3) is 22.3 Å². The first kappa shape index (κ1) is 22.4. The molecule has 1 aliphatic rings. The summed E-state index contributed by atoms with van der Waals surface area (Å²) >= 11 is 6.11. The number of amides is 1. The SMILES string of the molecule is Cc1cc2nc(-c3ccccc3)c(N3CCCN(C(=O)c4cccc(Cl)c4)CC3)nc2cc1C. The summed E-state index contributed by atoms with van der Waals surface area (Å²) in [5.74, 6) is 0.891. The maximum Gasteiger partial charge on any atom is 0.253 e. The van der Waals surface area contributed by atoms with Crippen molar-refractivity contribution in [2.45, 2.75) is 20.3 Å². The van der Waals surface area contributed by atoms with Crippen LogP contribution in [0.1, 0.15) is 27.9 Å². The van der Waals surface area contributed by atoms with E-state index in [2.05, 4.69) is 43.0 Å². The molecule has 0 saturated carbocycles. The van der Waals surface area contributed by atoms with Crippen LogP contribution in [0.3, 0.4) is 0 Å². The van der Waals surface area contributed by atoms with Crippen LogP contribution in [0.4, 0.5) is 5.82 Å². The van der Waals surface area contributed by atoms with Gasteiger partial charge in [0.1, 0.15) is 5.69 Å². The molecule has 3 aromatic carbocycles. The van der Waals surface area contributed by atoms with E-state index in [-0.39, 0.29) is 5.91 Å². The highest BCUT2D eigenvalue weighted by Gasteiger charge is 2.24. The number of fused-ring (bicyclic) bond motifs is 1. The Morgan fingerprint density at radius 3 is 2.29 bits per heavy atom. The monoisotopic (exact) mass is 470 g/mol. The molecule has 5 nitrogen and oxygen atoms in total. The molecule has 1 aliphatic heterocycles. The lowest BCUT2D eigenvalue weighted by Gasteiger charge is -2.25. The number of halogens is 1. The van der Waals surface area contributed by atoms with Gasteiger partial charge in [-0.05, 0) is 61.7 Å². The summed E-state index contributed by atoms with van der Waals surface area (Å²) < 4.78 is 0. The zero-order valence-corrected chi connectivity index (χ0v) is 20.2. The largest absolute Gasteiger partial charge is 0.353 e. The van der Waals surface area contributed by atoms with Gasteiger partial charge in [0.25, 0.3) is 5.91 Å². The third-order valence-corrected chi connectivity index (χ3v) is 6.70. The number of nitrogens with zero attached hydrogens (tertiary/aromatic N) is 4. The quantitative estimate of drug-likeness (QED) is 0.373. The van der Waals surface area contributed by atoms with Gasteiger partial charge in [-0.15, -0.1) is 0 Å². The molecule has 6 heteroatoms. The maximum atomic E-state index is 13.1. The first-order valence-corrected chi connectivity index (χ1v) is 12.0. The number of carbonyl (C=O) groups excluding carboxylic acids is 1. The van der Waals surface area contributed by atoms with Gasteiger partial charge in [-0.25, -0.2) is 9.97 Å². The summed E-state index contributed by atoms with van der Waals surface area (Å²) in [4.78, 5) is 27.5. The minimum atomic E-state index is 0.0170. The van der Waals surface area contributed by atoms with E-state index in [1.165, 1.54) is 11.1 Å². The van der Waals surface area contributed by atoms with Crippen LogP contribution in [0.5, 0.6) is 0 Å². The van der Waals surface area contributed by atoms with Gasteiger partial charge in [-0.2, -0.15) is 0 Å². The molecule has 0 aliphatic carbocycles. The van der Waals surface area contributed by atoms with Crippen molar-refractivity contribution in [3.05, 3.63) is 88.4 Å². The Kier molecular flexibility index (Phi) is 6.20. The van der Waals surface area contributed by atoms with Crippen LogP contribution in [0.2, 0.25) is 5.02 Å². The van der Waals surface area contributed by atoms with E-state index in [0.717, 1.165) is 41.1 Å². The van der Waals surface area contributed by atoms with Crippen molar-refractivity contribution in [2.24, 2.45) is 0 Å². The Morgan fingerprint density at radius 1 is 0.824 bits per heavy atom. The smallest absolute Gasteiger partial charge is 0.253 e. The second-order valence-corrected chi connectivity index (χ2v) is 9.27. The zero-order valence-electron chi connectivity index (χ0n) is 19.5. The number of aromatic nitrogens is 2. The minimum absolute atomic E-state index is 0.0170. The molecular formula is C28H27ClN4O. The van der Waals surface area contributed by atoms with Crippen LogP contribution in [0, 0.1) is 13.8 Å². The third kappa shape index (κ3) is 4.48. The third-order valence-electron chi connectivity index (χ3n) is 6.46. The molecule has 4 aromatic rings. The number of hydrogen-bond donors (Lipinski definition) is 0.